The largest absolute Gasteiger partial charge is 0.457 e. The Balaban J connectivity index is 2.03. The molecule has 0 aromatic heterocycles. The highest BCUT2D eigenvalue weighted by Crippen LogP contribution is 2.44. The van der Waals surface area contributed by atoms with E-state index < -0.39 is 0 Å². The van der Waals surface area contributed by atoms with E-state index in [9.17, 15) is 4.39 Å². The number of thioether (sulfide) groups is 1. The van der Waals surface area contributed by atoms with Crippen molar-refractivity contribution in [2.75, 3.05) is 0 Å². The van der Waals surface area contributed by atoms with Crippen molar-refractivity contribution >= 4 is 28.3 Å². The van der Waals surface area contributed by atoms with Crippen LogP contribution in [0.3, 0.4) is 0 Å². The highest BCUT2D eigenvalue weighted by Gasteiger charge is 2.18. The van der Waals surface area contributed by atoms with Crippen molar-refractivity contribution in [1.29, 1.82) is 0 Å². The molecule has 3 rings (SSSR count). The van der Waals surface area contributed by atoms with Crippen LogP contribution in [0.15, 0.2) is 65.8 Å². The number of benzene rings is 2. The van der Waals surface area contributed by atoms with Gasteiger partial charge in [-0.1, -0.05) is 42.1 Å². The lowest BCUT2D eigenvalue weighted by Gasteiger charge is -2.19. The summed E-state index contributed by atoms with van der Waals surface area (Å²) in [7, 11) is 0. The summed E-state index contributed by atoms with van der Waals surface area (Å²) in [5.74, 6) is 0.831. The summed E-state index contributed by atoms with van der Waals surface area (Å²) in [5, 5.41) is 0.661. The van der Waals surface area contributed by atoms with E-state index in [1.54, 1.807) is 12.1 Å². The Labute approximate surface area is 125 Å². The molecule has 0 saturated carbocycles. The molecule has 0 radical (unpaired) electrons. The van der Waals surface area contributed by atoms with E-state index in [0.717, 1.165) is 9.80 Å². The van der Waals surface area contributed by atoms with Gasteiger partial charge in [-0.3, -0.25) is 0 Å². The summed E-state index contributed by atoms with van der Waals surface area (Å²) >= 11 is 7.63. The molecule has 1 nitrogen and oxygen atoms in total. The maximum absolute atomic E-state index is 13.4. The fourth-order valence-corrected chi connectivity index (χ4v) is 3.17. The first-order valence-electron chi connectivity index (χ1n) is 5.94. The summed E-state index contributed by atoms with van der Waals surface area (Å²) in [5.41, 5.74) is 0.710. The minimum absolute atomic E-state index is 0.300. The molecule has 0 aliphatic carbocycles. The highest BCUT2D eigenvalue weighted by molar-refractivity contribution is 8.08. The zero-order chi connectivity index (χ0) is 14.1. The molecule has 20 heavy (non-hydrogen) atoms. The molecule has 1 aliphatic rings. The molecule has 2 aromatic carbocycles. The number of ether oxygens (including phenoxy) is 1. The van der Waals surface area contributed by atoms with Gasteiger partial charge in [0.05, 0.1) is 5.02 Å². The van der Waals surface area contributed by atoms with Gasteiger partial charge in [0.25, 0.3) is 0 Å². The second-order valence-electron chi connectivity index (χ2n) is 4.25. The third-order valence-electron chi connectivity index (χ3n) is 2.80. The Morgan fingerprint density at radius 3 is 2.75 bits per heavy atom. The fourth-order valence-electron chi connectivity index (χ4n) is 1.91. The summed E-state index contributed by atoms with van der Waals surface area (Å²) in [6.07, 6.45) is 1.79. The van der Waals surface area contributed by atoms with Crippen molar-refractivity contribution in [3.63, 3.8) is 0 Å². The summed E-state index contributed by atoms with van der Waals surface area (Å²) in [6.45, 7) is 3.81. The lowest BCUT2D eigenvalue weighted by atomic mass is 10.1. The zero-order valence-corrected chi connectivity index (χ0v) is 12.0. The summed E-state index contributed by atoms with van der Waals surface area (Å²) in [4.78, 5) is 1.77. The number of allylic oxidation sites excluding steroid dienone is 1. The molecule has 0 unspecified atom stereocenters. The fraction of sp³-hybridized carbons (Fsp3) is 0. The van der Waals surface area contributed by atoms with Gasteiger partial charge in [0.2, 0.25) is 0 Å². The lowest BCUT2D eigenvalue weighted by molar-refractivity contribution is 0.440. The van der Waals surface area contributed by atoms with Crippen molar-refractivity contribution in [2.24, 2.45) is 0 Å². The molecule has 1 aliphatic heterocycles. The maximum Gasteiger partial charge on any atom is 0.135 e. The van der Waals surface area contributed by atoms with Gasteiger partial charge in [-0.2, -0.15) is 0 Å². The van der Waals surface area contributed by atoms with Crippen molar-refractivity contribution < 1.29 is 9.13 Å². The lowest BCUT2D eigenvalue weighted by Crippen LogP contribution is -2.01. The molecule has 0 saturated heterocycles. The molecule has 0 amide bonds. The number of hydrogen-bond acceptors (Lipinski definition) is 2. The maximum atomic E-state index is 13.4. The molecule has 4 heteroatoms. The molecule has 0 atom stereocenters. The van der Waals surface area contributed by atoms with Gasteiger partial charge in [-0.05, 0) is 36.4 Å². The van der Waals surface area contributed by atoms with E-state index in [1.165, 1.54) is 23.9 Å². The predicted molar refractivity (Wildman–Crippen MR) is 81.5 cm³/mol. The van der Waals surface area contributed by atoms with Crippen molar-refractivity contribution in [3.8, 4) is 5.75 Å². The van der Waals surface area contributed by atoms with Gasteiger partial charge in [-0.25, -0.2) is 4.39 Å². The van der Waals surface area contributed by atoms with Crippen molar-refractivity contribution in [2.45, 2.75) is 4.90 Å². The Morgan fingerprint density at radius 2 is 1.95 bits per heavy atom. The van der Waals surface area contributed by atoms with Crippen LogP contribution in [0.25, 0.3) is 4.91 Å². The molecule has 0 N–H and O–H groups in total. The van der Waals surface area contributed by atoms with E-state index in [-0.39, 0.29) is 5.82 Å². The minimum Gasteiger partial charge on any atom is -0.457 e. The van der Waals surface area contributed by atoms with Gasteiger partial charge in [0.15, 0.2) is 0 Å². The average Bonchev–Trinajstić information content (AvgIpc) is 2.42. The predicted octanol–water partition coefficient (Wildman–Crippen LogP) is 5.52. The van der Waals surface area contributed by atoms with Crippen LogP contribution in [0, 0.1) is 5.82 Å². The molecule has 100 valence electrons. The van der Waals surface area contributed by atoms with Crippen LogP contribution in [0.1, 0.15) is 5.56 Å². The number of rotatable bonds is 2. The van der Waals surface area contributed by atoms with E-state index in [2.05, 4.69) is 6.58 Å². The Kier molecular flexibility index (Phi) is 3.55. The molecule has 1 heterocycles. The first-order chi connectivity index (χ1) is 9.63. The molecule has 2 aromatic rings. The second-order valence-corrected chi connectivity index (χ2v) is 5.74. The van der Waals surface area contributed by atoms with Gasteiger partial charge in [0, 0.05) is 15.4 Å². The topological polar surface area (TPSA) is 9.23 Å². The average molecular weight is 305 g/mol. The van der Waals surface area contributed by atoms with Crippen molar-refractivity contribution in [1.82, 2.24) is 0 Å². The SMILES string of the molecule is C=C1C=C(Sc2ccccc2Cl)c2cc(F)ccc2O1. The Morgan fingerprint density at radius 1 is 1.15 bits per heavy atom. The van der Waals surface area contributed by atoms with Crippen LogP contribution < -0.4 is 4.74 Å². The van der Waals surface area contributed by atoms with Crippen LogP contribution in [0.5, 0.6) is 5.75 Å². The van der Waals surface area contributed by atoms with Crippen LogP contribution in [-0.2, 0) is 0 Å². The van der Waals surface area contributed by atoms with Gasteiger partial charge in [-0.15, -0.1) is 0 Å². The summed E-state index contributed by atoms with van der Waals surface area (Å²) < 4.78 is 18.9. The van der Waals surface area contributed by atoms with E-state index >= 15 is 0 Å². The first-order valence-corrected chi connectivity index (χ1v) is 7.14. The van der Waals surface area contributed by atoms with E-state index in [4.69, 9.17) is 16.3 Å². The third-order valence-corrected chi connectivity index (χ3v) is 4.37. The van der Waals surface area contributed by atoms with Crippen LogP contribution in [0.2, 0.25) is 5.02 Å². The standard InChI is InChI=1S/C16H10ClFOS/c1-10-8-16(20-15-5-3-2-4-13(15)17)12-9-11(18)6-7-14(12)19-10/h2-9H,1H2. The van der Waals surface area contributed by atoms with E-state index in [1.807, 2.05) is 24.3 Å². The van der Waals surface area contributed by atoms with E-state index in [0.29, 0.717) is 22.1 Å². The molecule has 0 bridgehead atoms. The van der Waals surface area contributed by atoms with Crippen molar-refractivity contribution in [3.05, 3.63) is 77.3 Å². The quantitative estimate of drug-likeness (QED) is 0.722. The Bertz CT molecular complexity index is 724. The third kappa shape index (κ3) is 2.60. The van der Waals surface area contributed by atoms with Gasteiger partial charge < -0.3 is 4.74 Å². The first kappa shape index (κ1) is 13.3. The van der Waals surface area contributed by atoms with Gasteiger partial charge >= 0.3 is 0 Å². The highest BCUT2D eigenvalue weighted by atomic mass is 35.5. The number of hydrogen-bond donors (Lipinski definition) is 0. The molecular weight excluding hydrogens is 295 g/mol. The molecule has 0 spiro atoms. The Hall–Kier alpha value is -1.71. The monoisotopic (exact) mass is 304 g/mol. The van der Waals surface area contributed by atoms with Gasteiger partial charge in [0.1, 0.15) is 17.3 Å². The van der Waals surface area contributed by atoms with Crippen LogP contribution in [-0.4, -0.2) is 0 Å². The van der Waals surface area contributed by atoms with Crippen LogP contribution >= 0.6 is 23.4 Å². The summed E-state index contributed by atoms with van der Waals surface area (Å²) in [6, 6.07) is 12.0. The number of fused-ring (bicyclic) bond motifs is 1. The minimum atomic E-state index is -0.300. The molecule has 0 fully saturated rings. The zero-order valence-electron chi connectivity index (χ0n) is 10.4. The molecular formula is C16H10ClFOS. The normalized spacial score (nSPS) is 13.5. The number of halogens is 2. The second kappa shape index (κ2) is 5.35. The smallest absolute Gasteiger partial charge is 0.135 e. The van der Waals surface area contributed by atoms with Crippen LogP contribution in [0.4, 0.5) is 4.39 Å².